The standard InChI is InChI=1S/C28H32F3N5O4S/c1-17(34-26(38)40-27(2,3)4)25(41)33-15-18-9-8-11-20(13-18)36-21(14-23(35-36)28(29,30)31)24(37)32-16-19-10-6-7-12-22(19)39-5/h6-14,17H,15-16H2,1-5H3,(H,32,37)(H,33,41)(H,34,38). The fourth-order valence-electron chi connectivity index (χ4n) is 3.68. The van der Waals surface area contributed by atoms with E-state index in [1.54, 1.807) is 76.2 Å². The Morgan fingerprint density at radius 1 is 1.02 bits per heavy atom. The lowest BCUT2D eigenvalue weighted by molar-refractivity contribution is -0.141. The molecule has 220 valence electrons. The number of hydrogen-bond donors (Lipinski definition) is 3. The Morgan fingerprint density at radius 3 is 2.39 bits per heavy atom. The highest BCUT2D eigenvalue weighted by Crippen LogP contribution is 2.30. The molecule has 3 N–H and O–H groups in total. The number of benzene rings is 2. The number of aromatic nitrogens is 2. The number of para-hydroxylation sites is 1. The first kappa shape index (κ1) is 31.4. The Balaban J connectivity index is 1.77. The number of carbonyl (C=O) groups excluding carboxylic acids is 2. The van der Waals surface area contributed by atoms with Crippen molar-refractivity contribution >= 4 is 29.2 Å². The third-order valence-electron chi connectivity index (χ3n) is 5.61. The summed E-state index contributed by atoms with van der Waals surface area (Å²) in [4.78, 5) is 25.4. The van der Waals surface area contributed by atoms with Gasteiger partial charge in [-0.2, -0.15) is 18.3 Å². The van der Waals surface area contributed by atoms with Crippen molar-refractivity contribution in [2.24, 2.45) is 0 Å². The summed E-state index contributed by atoms with van der Waals surface area (Å²) in [6, 6.07) is 13.6. The Hall–Kier alpha value is -4.13. The number of carbonyl (C=O) groups is 2. The number of thiocarbonyl (C=S) groups is 1. The molecule has 0 radical (unpaired) electrons. The molecule has 2 amide bonds. The molecule has 0 spiro atoms. The summed E-state index contributed by atoms with van der Waals surface area (Å²) < 4.78 is 52.2. The molecule has 0 aliphatic heterocycles. The molecule has 1 unspecified atom stereocenters. The maximum absolute atomic E-state index is 13.6. The molecular formula is C28H32F3N5O4S. The van der Waals surface area contributed by atoms with Gasteiger partial charge in [0, 0.05) is 24.7 Å². The van der Waals surface area contributed by atoms with E-state index >= 15 is 0 Å². The van der Waals surface area contributed by atoms with Gasteiger partial charge < -0.3 is 25.4 Å². The monoisotopic (exact) mass is 591 g/mol. The Labute approximate surface area is 241 Å². The fourth-order valence-corrected chi connectivity index (χ4v) is 3.81. The summed E-state index contributed by atoms with van der Waals surface area (Å²) in [5.41, 5.74) is -0.603. The van der Waals surface area contributed by atoms with E-state index in [9.17, 15) is 22.8 Å². The van der Waals surface area contributed by atoms with Crippen molar-refractivity contribution in [1.82, 2.24) is 25.7 Å². The number of rotatable bonds is 9. The second-order valence-electron chi connectivity index (χ2n) is 10.1. The first-order valence-electron chi connectivity index (χ1n) is 12.6. The average molecular weight is 592 g/mol. The van der Waals surface area contributed by atoms with Gasteiger partial charge in [0.2, 0.25) is 0 Å². The van der Waals surface area contributed by atoms with Gasteiger partial charge in [0.25, 0.3) is 5.91 Å². The summed E-state index contributed by atoms with van der Waals surface area (Å²) in [5, 5.41) is 12.0. The van der Waals surface area contributed by atoms with Crippen molar-refractivity contribution in [2.45, 2.75) is 58.6 Å². The molecule has 0 bridgehead atoms. The van der Waals surface area contributed by atoms with Crippen LogP contribution < -0.4 is 20.7 Å². The van der Waals surface area contributed by atoms with Crippen molar-refractivity contribution < 1.29 is 32.2 Å². The molecule has 9 nitrogen and oxygen atoms in total. The van der Waals surface area contributed by atoms with E-state index in [-0.39, 0.29) is 24.5 Å². The van der Waals surface area contributed by atoms with E-state index in [4.69, 9.17) is 21.7 Å². The number of amides is 2. The summed E-state index contributed by atoms with van der Waals surface area (Å²) in [5.74, 6) is -0.211. The first-order valence-corrected chi connectivity index (χ1v) is 13.0. The van der Waals surface area contributed by atoms with Crippen molar-refractivity contribution in [3.05, 3.63) is 77.1 Å². The Bertz CT molecular complexity index is 1400. The summed E-state index contributed by atoms with van der Waals surface area (Å²) in [6.07, 6.45) is -5.38. The van der Waals surface area contributed by atoms with Gasteiger partial charge in [-0.05, 0) is 51.5 Å². The van der Waals surface area contributed by atoms with Crippen LogP contribution in [-0.2, 0) is 24.0 Å². The van der Waals surface area contributed by atoms with Crippen molar-refractivity contribution in [3.8, 4) is 11.4 Å². The molecule has 0 aliphatic rings. The molecule has 0 aliphatic carbocycles. The molecule has 1 atom stereocenters. The predicted molar refractivity (Wildman–Crippen MR) is 151 cm³/mol. The zero-order valence-corrected chi connectivity index (χ0v) is 24.1. The summed E-state index contributed by atoms with van der Waals surface area (Å²) in [7, 11) is 1.48. The third-order valence-corrected chi connectivity index (χ3v) is 6.11. The zero-order chi connectivity index (χ0) is 30.4. The van der Waals surface area contributed by atoms with Gasteiger partial charge in [-0.3, -0.25) is 4.79 Å². The van der Waals surface area contributed by atoms with Crippen LogP contribution in [0.4, 0.5) is 18.0 Å². The van der Waals surface area contributed by atoms with Crippen LogP contribution in [0.3, 0.4) is 0 Å². The van der Waals surface area contributed by atoms with Gasteiger partial charge in [-0.25, -0.2) is 9.48 Å². The molecule has 3 aromatic rings. The van der Waals surface area contributed by atoms with E-state index in [0.717, 1.165) is 4.68 Å². The molecule has 3 rings (SSSR count). The molecule has 13 heteroatoms. The number of methoxy groups -OCH3 is 1. The second kappa shape index (κ2) is 13.0. The minimum atomic E-state index is -4.76. The van der Waals surface area contributed by atoms with E-state index < -0.39 is 35.5 Å². The number of halogens is 3. The van der Waals surface area contributed by atoms with E-state index in [2.05, 4.69) is 21.0 Å². The minimum Gasteiger partial charge on any atom is -0.496 e. The molecule has 0 fully saturated rings. The third kappa shape index (κ3) is 8.93. The fraction of sp³-hybridized carbons (Fsp3) is 0.357. The highest BCUT2D eigenvalue weighted by Gasteiger charge is 2.36. The Kier molecular flexibility index (Phi) is 9.97. The number of alkyl halides is 3. The van der Waals surface area contributed by atoms with Crippen LogP contribution in [0.1, 0.15) is 55.0 Å². The Morgan fingerprint density at radius 2 is 1.73 bits per heavy atom. The topological polar surface area (TPSA) is 107 Å². The highest BCUT2D eigenvalue weighted by molar-refractivity contribution is 7.80. The molecule has 1 aromatic heterocycles. The normalized spacial score (nSPS) is 12.3. The predicted octanol–water partition coefficient (Wildman–Crippen LogP) is 5.16. The molecule has 0 saturated carbocycles. The van der Waals surface area contributed by atoms with Crippen LogP contribution in [0.5, 0.6) is 5.75 Å². The summed E-state index contributed by atoms with van der Waals surface area (Å²) >= 11 is 5.36. The van der Waals surface area contributed by atoms with Crippen LogP contribution in [0.15, 0.2) is 54.6 Å². The highest BCUT2D eigenvalue weighted by atomic mass is 32.1. The van der Waals surface area contributed by atoms with Crippen LogP contribution >= 0.6 is 12.2 Å². The lowest BCUT2D eigenvalue weighted by Gasteiger charge is -2.22. The number of nitrogens with one attached hydrogen (secondary N) is 3. The lowest BCUT2D eigenvalue weighted by Crippen LogP contribution is -2.45. The molecule has 41 heavy (non-hydrogen) atoms. The smallest absolute Gasteiger partial charge is 0.435 e. The van der Waals surface area contributed by atoms with Crippen LogP contribution in [0.2, 0.25) is 0 Å². The molecule has 2 aromatic carbocycles. The van der Waals surface area contributed by atoms with Crippen molar-refractivity contribution in [3.63, 3.8) is 0 Å². The van der Waals surface area contributed by atoms with Gasteiger partial charge in [0.15, 0.2) is 5.69 Å². The summed E-state index contributed by atoms with van der Waals surface area (Å²) in [6.45, 7) is 7.16. The quantitative estimate of drug-likeness (QED) is 0.295. The largest absolute Gasteiger partial charge is 0.496 e. The van der Waals surface area contributed by atoms with Crippen LogP contribution in [0, 0.1) is 0 Å². The number of hydrogen-bond acceptors (Lipinski definition) is 6. The number of alkyl carbamates (subject to hydrolysis) is 1. The van der Waals surface area contributed by atoms with Gasteiger partial charge in [-0.1, -0.05) is 42.5 Å². The van der Waals surface area contributed by atoms with Crippen LogP contribution in [-0.4, -0.2) is 45.5 Å². The van der Waals surface area contributed by atoms with E-state index in [1.165, 1.54) is 7.11 Å². The first-order chi connectivity index (χ1) is 19.2. The SMILES string of the molecule is COc1ccccc1CNC(=O)c1cc(C(F)(F)F)nn1-c1cccc(CNC(=S)C(C)NC(=O)OC(C)(C)C)c1. The molecular weight excluding hydrogens is 559 g/mol. The molecule has 1 heterocycles. The lowest BCUT2D eigenvalue weighted by atomic mass is 10.2. The maximum atomic E-state index is 13.6. The maximum Gasteiger partial charge on any atom is 0.435 e. The van der Waals surface area contributed by atoms with Gasteiger partial charge >= 0.3 is 12.3 Å². The van der Waals surface area contributed by atoms with Gasteiger partial charge in [0.1, 0.15) is 17.0 Å². The van der Waals surface area contributed by atoms with Crippen molar-refractivity contribution in [1.29, 1.82) is 0 Å². The minimum absolute atomic E-state index is 0.0340. The van der Waals surface area contributed by atoms with Gasteiger partial charge in [-0.15, -0.1) is 0 Å². The number of nitrogens with zero attached hydrogens (tertiary/aromatic N) is 2. The zero-order valence-electron chi connectivity index (χ0n) is 23.3. The second-order valence-corrected chi connectivity index (χ2v) is 10.5. The van der Waals surface area contributed by atoms with Crippen molar-refractivity contribution in [2.75, 3.05) is 7.11 Å². The number of ether oxygens (including phenoxy) is 2. The van der Waals surface area contributed by atoms with E-state index in [0.29, 0.717) is 27.9 Å². The average Bonchev–Trinajstić information content (AvgIpc) is 3.36. The van der Waals surface area contributed by atoms with Gasteiger partial charge in [0.05, 0.1) is 23.8 Å². The molecule has 0 saturated heterocycles. The van der Waals surface area contributed by atoms with E-state index in [1.807, 2.05) is 0 Å². The van der Waals surface area contributed by atoms with Crippen LogP contribution in [0.25, 0.3) is 5.69 Å².